The van der Waals surface area contributed by atoms with Crippen molar-refractivity contribution in [2.24, 2.45) is 0 Å². The lowest BCUT2D eigenvalue weighted by Crippen LogP contribution is -1.91. The number of rotatable bonds is 2. The number of nitrogens with zero attached hydrogens (tertiary/aromatic N) is 1. The van der Waals surface area contributed by atoms with Crippen molar-refractivity contribution in [2.75, 3.05) is 5.73 Å². The van der Waals surface area contributed by atoms with Gasteiger partial charge < -0.3 is 5.73 Å². The molecular weight excluding hydrogens is 291 g/mol. The first-order valence-corrected chi connectivity index (χ1v) is 6.11. The largest absolute Gasteiger partial charge is 0.397 e. The van der Waals surface area contributed by atoms with Crippen molar-refractivity contribution in [1.82, 2.24) is 4.98 Å². The third-order valence-corrected chi connectivity index (χ3v) is 4.00. The smallest absolute Gasteiger partial charge is 0.137 e. The van der Waals surface area contributed by atoms with Crippen molar-refractivity contribution < 1.29 is 4.39 Å². The van der Waals surface area contributed by atoms with Crippen molar-refractivity contribution in [2.45, 2.75) is 9.79 Å². The van der Waals surface area contributed by atoms with Gasteiger partial charge in [0.05, 0.1) is 21.3 Å². The number of halogens is 2. The monoisotopic (exact) mass is 298 g/mol. The minimum Gasteiger partial charge on any atom is -0.397 e. The van der Waals surface area contributed by atoms with Crippen LogP contribution in [0, 0.1) is 5.82 Å². The van der Waals surface area contributed by atoms with Crippen molar-refractivity contribution in [3.05, 3.63) is 46.9 Å². The predicted molar refractivity (Wildman–Crippen MR) is 66.9 cm³/mol. The first kappa shape index (κ1) is 11.4. The Balaban J connectivity index is 2.38. The van der Waals surface area contributed by atoms with E-state index < -0.39 is 0 Å². The molecule has 0 aliphatic carbocycles. The molecule has 0 aliphatic rings. The summed E-state index contributed by atoms with van der Waals surface area (Å²) in [5.74, 6) is -0.254. The van der Waals surface area contributed by atoms with Gasteiger partial charge in [-0.15, -0.1) is 0 Å². The molecule has 0 unspecified atom stereocenters. The topological polar surface area (TPSA) is 38.9 Å². The Hall–Kier alpha value is -1.07. The molecule has 1 heterocycles. The Bertz CT molecular complexity index is 499. The molecule has 0 saturated heterocycles. The highest BCUT2D eigenvalue weighted by molar-refractivity contribution is 9.10. The molecule has 2 rings (SSSR count). The van der Waals surface area contributed by atoms with Gasteiger partial charge in [0.15, 0.2) is 0 Å². The number of pyridine rings is 1. The third-order valence-electron chi connectivity index (χ3n) is 1.93. The van der Waals surface area contributed by atoms with Crippen molar-refractivity contribution >= 4 is 33.4 Å². The predicted octanol–water partition coefficient (Wildman–Crippen LogP) is 3.72. The zero-order valence-electron chi connectivity index (χ0n) is 8.15. The molecule has 0 spiro atoms. The summed E-state index contributed by atoms with van der Waals surface area (Å²) < 4.78 is 14.2. The van der Waals surface area contributed by atoms with Crippen LogP contribution in [0.3, 0.4) is 0 Å². The molecule has 0 saturated carbocycles. The fourth-order valence-electron chi connectivity index (χ4n) is 1.18. The number of nitrogen functional groups attached to an aromatic ring is 1. The van der Waals surface area contributed by atoms with E-state index >= 15 is 0 Å². The molecule has 2 aromatic rings. The standard InChI is InChI=1S/C11H8BrFN2S/c12-7-5-15-6-9(14)11(7)16-10-4-2-1-3-8(10)13/h1-6H,14H2. The highest BCUT2D eigenvalue weighted by Crippen LogP contribution is 2.37. The van der Waals surface area contributed by atoms with E-state index in [-0.39, 0.29) is 5.82 Å². The highest BCUT2D eigenvalue weighted by Gasteiger charge is 2.09. The van der Waals surface area contributed by atoms with Gasteiger partial charge in [-0.2, -0.15) is 0 Å². The van der Waals surface area contributed by atoms with Crippen LogP contribution < -0.4 is 5.73 Å². The fraction of sp³-hybridized carbons (Fsp3) is 0. The fourth-order valence-corrected chi connectivity index (χ4v) is 2.63. The summed E-state index contributed by atoms with van der Waals surface area (Å²) in [7, 11) is 0. The molecule has 5 heteroatoms. The lowest BCUT2D eigenvalue weighted by molar-refractivity contribution is 0.602. The van der Waals surface area contributed by atoms with Crippen LogP contribution in [-0.4, -0.2) is 4.98 Å². The van der Waals surface area contributed by atoms with E-state index in [1.807, 2.05) is 0 Å². The maximum atomic E-state index is 13.4. The zero-order valence-corrected chi connectivity index (χ0v) is 10.6. The summed E-state index contributed by atoms with van der Waals surface area (Å²) in [4.78, 5) is 5.25. The Morgan fingerprint density at radius 1 is 1.25 bits per heavy atom. The zero-order chi connectivity index (χ0) is 11.5. The van der Waals surface area contributed by atoms with E-state index in [1.165, 1.54) is 17.8 Å². The van der Waals surface area contributed by atoms with E-state index in [4.69, 9.17) is 5.73 Å². The van der Waals surface area contributed by atoms with Gasteiger partial charge in [0.2, 0.25) is 0 Å². The maximum absolute atomic E-state index is 13.4. The number of aromatic nitrogens is 1. The summed E-state index contributed by atoms with van der Waals surface area (Å²) in [6.45, 7) is 0. The second-order valence-electron chi connectivity index (χ2n) is 3.07. The van der Waals surface area contributed by atoms with Gasteiger partial charge >= 0.3 is 0 Å². The maximum Gasteiger partial charge on any atom is 0.137 e. The van der Waals surface area contributed by atoms with Crippen LogP contribution in [-0.2, 0) is 0 Å². The Morgan fingerprint density at radius 2 is 2.00 bits per heavy atom. The molecule has 0 atom stereocenters. The number of anilines is 1. The summed E-state index contributed by atoms with van der Waals surface area (Å²) in [6, 6.07) is 6.58. The number of nitrogens with two attached hydrogens (primary N) is 1. The summed E-state index contributed by atoms with van der Waals surface area (Å²) in [5.41, 5.74) is 6.31. The van der Waals surface area contributed by atoms with E-state index in [2.05, 4.69) is 20.9 Å². The Morgan fingerprint density at radius 3 is 2.69 bits per heavy atom. The van der Waals surface area contributed by atoms with Gasteiger partial charge in [0, 0.05) is 11.1 Å². The Kier molecular flexibility index (Phi) is 3.46. The van der Waals surface area contributed by atoms with Crippen LogP contribution in [0.4, 0.5) is 10.1 Å². The molecule has 2 nitrogen and oxygen atoms in total. The summed E-state index contributed by atoms with van der Waals surface area (Å²) >= 11 is 4.62. The van der Waals surface area contributed by atoms with Gasteiger partial charge in [-0.1, -0.05) is 23.9 Å². The Labute approximate surface area is 105 Å². The molecule has 0 radical (unpaired) electrons. The van der Waals surface area contributed by atoms with Crippen molar-refractivity contribution in [1.29, 1.82) is 0 Å². The van der Waals surface area contributed by atoms with Crippen LogP contribution >= 0.6 is 27.7 Å². The third kappa shape index (κ3) is 2.36. The first-order chi connectivity index (χ1) is 7.68. The number of hydrogen-bond donors (Lipinski definition) is 1. The molecule has 1 aromatic heterocycles. The van der Waals surface area contributed by atoms with Crippen molar-refractivity contribution in [3.8, 4) is 0 Å². The van der Waals surface area contributed by atoms with Crippen LogP contribution in [0.25, 0.3) is 0 Å². The van der Waals surface area contributed by atoms with E-state index in [0.29, 0.717) is 10.6 Å². The molecule has 16 heavy (non-hydrogen) atoms. The van der Waals surface area contributed by atoms with Crippen LogP contribution in [0.2, 0.25) is 0 Å². The highest BCUT2D eigenvalue weighted by atomic mass is 79.9. The second-order valence-corrected chi connectivity index (χ2v) is 4.98. The molecule has 82 valence electrons. The number of benzene rings is 1. The van der Waals surface area contributed by atoms with Gasteiger partial charge in [-0.3, -0.25) is 4.98 Å². The quantitative estimate of drug-likeness (QED) is 0.918. The number of hydrogen-bond acceptors (Lipinski definition) is 3. The summed E-state index contributed by atoms with van der Waals surface area (Å²) in [5, 5.41) is 0. The molecule has 2 N–H and O–H groups in total. The van der Waals surface area contributed by atoms with Gasteiger partial charge in [0.1, 0.15) is 5.82 Å². The minimum absolute atomic E-state index is 0.254. The first-order valence-electron chi connectivity index (χ1n) is 4.50. The molecule has 0 fully saturated rings. The minimum atomic E-state index is -0.254. The molecular formula is C11H8BrFN2S. The van der Waals surface area contributed by atoms with Crippen LogP contribution in [0.15, 0.2) is 50.9 Å². The van der Waals surface area contributed by atoms with Crippen molar-refractivity contribution in [3.63, 3.8) is 0 Å². The lowest BCUT2D eigenvalue weighted by atomic mass is 10.3. The van der Waals surface area contributed by atoms with E-state index in [9.17, 15) is 4.39 Å². The average Bonchev–Trinajstić information content (AvgIpc) is 2.26. The molecule has 0 aliphatic heterocycles. The molecule has 0 bridgehead atoms. The van der Waals surface area contributed by atoms with E-state index in [0.717, 1.165) is 9.37 Å². The van der Waals surface area contributed by atoms with Crippen LogP contribution in [0.5, 0.6) is 0 Å². The SMILES string of the molecule is Nc1cncc(Br)c1Sc1ccccc1F. The second kappa shape index (κ2) is 4.84. The molecule has 0 amide bonds. The normalized spacial score (nSPS) is 10.4. The lowest BCUT2D eigenvalue weighted by Gasteiger charge is -2.07. The molecule has 1 aromatic carbocycles. The van der Waals surface area contributed by atoms with Gasteiger partial charge in [-0.25, -0.2) is 4.39 Å². The van der Waals surface area contributed by atoms with E-state index in [1.54, 1.807) is 30.6 Å². The van der Waals surface area contributed by atoms with Crippen LogP contribution in [0.1, 0.15) is 0 Å². The van der Waals surface area contributed by atoms with Gasteiger partial charge in [-0.05, 0) is 28.1 Å². The average molecular weight is 299 g/mol. The van der Waals surface area contributed by atoms with Gasteiger partial charge in [0.25, 0.3) is 0 Å². The summed E-state index contributed by atoms with van der Waals surface area (Å²) in [6.07, 6.45) is 3.19.